The van der Waals surface area contributed by atoms with Crippen molar-refractivity contribution >= 4 is 27.6 Å². The molecule has 0 bridgehead atoms. The number of nitrogens with one attached hydrogen (secondary N) is 2. The number of nitrogens with zero attached hydrogens (tertiary/aromatic N) is 2. The highest BCUT2D eigenvalue weighted by molar-refractivity contribution is 7.89. The molecule has 0 aliphatic carbocycles. The lowest BCUT2D eigenvalue weighted by Crippen LogP contribution is -2.24. The van der Waals surface area contributed by atoms with E-state index in [1.165, 1.54) is 12.1 Å². The summed E-state index contributed by atoms with van der Waals surface area (Å²) in [6, 6.07) is 7.69. The van der Waals surface area contributed by atoms with Gasteiger partial charge in [-0.2, -0.15) is 0 Å². The Morgan fingerprint density at radius 3 is 2.35 bits per heavy atom. The van der Waals surface area contributed by atoms with Crippen molar-refractivity contribution in [3.8, 4) is 11.3 Å². The number of sulfonamides is 1. The molecular weight excluding hydrogens is 418 g/mol. The predicted molar refractivity (Wildman–Crippen MR) is 118 cm³/mol. The van der Waals surface area contributed by atoms with Gasteiger partial charge in [-0.1, -0.05) is 0 Å². The van der Waals surface area contributed by atoms with Gasteiger partial charge in [0.15, 0.2) is 0 Å². The molecule has 164 valence electrons. The monoisotopic (exact) mass is 443 g/mol. The number of aryl methyl sites for hydroxylation is 1. The van der Waals surface area contributed by atoms with Crippen LogP contribution in [-0.2, 0) is 14.8 Å². The summed E-state index contributed by atoms with van der Waals surface area (Å²) < 4.78 is 28.3. The van der Waals surface area contributed by atoms with Crippen LogP contribution in [0, 0.1) is 13.8 Å². The van der Waals surface area contributed by atoms with E-state index in [1.807, 2.05) is 34.6 Å². The van der Waals surface area contributed by atoms with Gasteiger partial charge in [0.05, 0.1) is 10.6 Å². The standard InChI is InChI=1S/C21H25N5O4S/c1-12-17(13(2)24-18(12)19(27)30-21(3,4)5)16-10-11-23-20(26-16)25-14-6-8-15(9-7-14)31(22,28)29/h6-11,24H,1-5H3,(H2,22,28,29)(H,23,25,26). The van der Waals surface area contributed by atoms with Crippen LogP contribution in [0.4, 0.5) is 11.6 Å². The molecule has 10 heteroatoms. The van der Waals surface area contributed by atoms with Crippen molar-refractivity contribution in [1.29, 1.82) is 0 Å². The zero-order valence-corrected chi connectivity index (χ0v) is 18.8. The number of carbonyl (C=O) groups is 1. The minimum Gasteiger partial charge on any atom is -0.455 e. The molecule has 9 nitrogen and oxygen atoms in total. The molecule has 0 aliphatic heterocycles. The number of ether oxygens (including phenoxy) is 1. The molecule has 0 unspecified atom stereocenters. The second-order valence-corrected chi connectivity index (χ2v) is 9.65. The number of aromatic nitrogens is 3. The molecule has 0 atom stereocenters. The number of benzene rings is 1. The molecule has 1 aromatic carbocycles. The van der Waals surface area contributed by atoms with Crippen LogP contribution in [0.15, 0.2) is 41.4 Å². The molecule has 3 aromatic rings. The van der Waals surface area contributed by atoms with Crippen LogP contribution in [0.1, 0.15) is 42.5 Å². The highest BCUT2D eigenvalue weighted by atomic mass is 32.2. The normalized spacial score (nSPS) is 11.9. The fourth-order valence-corrected chi connectivity index (χ4v) is 3.60. The number of esters is 1. The van der Waals surface area contributed by atoms with Crippen molar-refractivity contribution in [3.05, 3.63) is 53.5 Å². The number of carbonyl (C=O) groups excluding carboxylic acids is 1. The first kappa shape index (κ1) is 22.4. The third-order valence-corrected chi connectivity index (χ3v) is 5.32. The number of primary sulfonamides is 1. The maximum Gasteiger partial charge on any atom is 0.355 e. The smallest absolute Gasteiger partial charge is 0.355 e. The fraction of sp³-hybridized carbons (Fsp3) is 0.286. The Hall–Kier alpha value is -3.24. The molecular formula is C21H25N5O4S. The average Bonchev–Trinajstić information content (AvgIpc) is 2.95. The van der Waals surface area contributed by atoms with E-state index in [0.29, 0.717) is 23.0 Å². The molecule has 0 saturated carbocycles. The summed E-state index contributed by atoms with van der Waals surface area (Å²) in [6.07, 6.45) is 1.60. The second kappa shape index (κ2) is 8.12. The number of rotatable bonds is 5. The highest BCUT2D eigenvalue weighted by Crippen LogP contribution is 2.30. The summed E-state index contributed by atoms with van der Waals surface area (Å²) in [7, 11) is -3.76. The molecule has 0 saturated heterocycles. The van der Waals surface area contributed by atoms with E-state index in [4.69, 9.17) is 9.88 Å². The Bertz CT molecular complexity index is 1230. The highest BCUT2D eigenvalue weighted by Gasteiger charge is 2.24. The third-order valence-electron chi connectivity index (χ3n) is 4.39. The first-order chi connectivity index (χ1) is 14.3. The van der Waals surface area contributed by atoms with Crippen molar-refractivity contribution in [2.45, 2.75) is 45.1 Å². The van der Waals surface area contributed by atoms with Crippen LogP contribution in [0.2, 0.25) is 0 Å². The van der Waals surface area contributed by atoms with Gasteiger partial charge >= 0.3 is 5.97 Å². The zero-order chi connectivity index (χ0) is 23.0. The van der Waals surface area contributed by atoms with Gasteiger partial charge in [-0.05, 0) is 70.5 Å². The lowest BCUT2D eigenvalue weighted by atomic mass is 10.1. The largest absolute Gasteiger partial charge is 0.455 e. The van der Waals surface area contributed by atoms with Gasteiger partial charge in [-0.3, -0.25) is 0 Å². The summed E-state index contributed by atoms with van der Waals surface area (Å²) in [5.74, 6) is -0.110. The second-order valence-electron chi connectivity index (χ2n) is 8.09. The van der Waals surface area contributed by atoms with E-state index in [0.717, 1.165) is 16.8 Å². The Morgan fingerprint density at radius 1 is 1.13 bits per heavy atom. The molecule has 4 N–H and O–H groups in total. The first-order valence-electron chi connectivity index (χ1n) is 9.51. The number of hydrogen-bond donors (Lipinski definition) is 3. The molecule has 0 radical (unpaired) electrons. The molecule has 0 amide bonds. The summed E-state index contributed by atoms with van der Waals surface area (Å²) >= 11 is 0. The third kappa shape index (κ3) is 5.28. The molecule has 2 heterocycles. The van der Waals surface area contributed by atoms with Gasteiger partial charge < -0.3 is 15.0 Å². The molecule has 0 spiro atoms. The van der Waals surface area contributed by atoms with Crippen molar-refractivity contribution in [3.63, 3.8) is 0 Å². The Kier molecular flexibility index (Phi) is 5.88. The van der Waals surface area contributed by atoms with Gasteiger partial charge in [0.2, 0.25) is 16.0 Å². The fourth-order valence-electron chi connectivity index (χ4n) is 3.08. The topological polar surface area (TPSA) is 140 Å². The Labute approximate surface area is 181 Å². The van der Waals surface area contributed by atoms with E-state index in [1.54, 1.807) is 24.4 Å². The van der Waals surface area contributed by atoms with Crippen LogP contribution < -0.4 is 10.5 Å². The summed E-state index contributed by atoms with van der Waals surface area (Å²) in [6.45, 7) is 9.13. The molecule has 0 aliphatic rings. The van der Waals surface area contributed by atoms with Crippen LogP contribution in [0.3, 0.4) is 0 Å². The van der Waals surface area contributed by atoms with Crippen LogP contribution in [0.5, 0.6) is 0 Å². The number of nitrogens with two attached hydrogens (primary N) is 1. The average molecular weight is 444 g/mol. The number of hydrogen-bond acceptors (Lipinski definition) is 7. The number of anilines is 2. The molecule has 2 aromatic heterocycles. The van der Waals surface area contributed by atoms with Crippen molar-refractivity contribution in [1.82, 2.24) is 15.0 Å². The summed E-state index contributed by atoms with van der Waals surface area (Å²) in [5.41, 5.74) is 3.30. The maximum absolute atomic E-state index is 12.5. The van der Waals surface area contributed by atoms with E-state index in [-0.39, 0.29) is 4.90 Å². The SMILES string of the molecule is Cc1[nH]c(C(=O)OC(C)(C)C)c(C)c1-c1ccnc(Nc2ccc(S(N)(=O)=O)cc2)n1. The Morgan fingerprint density at radius 2 is 1.77 bits per heavy atom. The van der Waals surface area contributed by atoms with Gasteiger partial charge in [-0.25, -0.2) is 28.3 Å². The van der Waals surface area contributed by atoms with Crippen molar-refractivity contribution in [2.24, 2.45) is 5.14 Å². The molecule has 0 fully saturated rings. The van der Waals surface area contributed by atoms with Gasteiger partial charge in [0.1, 0.15) is 11.3 Å². The summed E-state index contributed by atoms with van der Waals surface area (Å²) in [5, 5.41) is 8.15. The predicted octanol–water partition coefficient (Wildman–Crippen LogP) is 3.43. The lowest BCUT2D eigenvalue weighted by molar-refractivity contribution is 0.00626. The zero-order valence-electron chi connectivity index (χ0n) is 18.0. The van der Waals surface area contributed by atoms with E-state index < -0.39 is 21.6 Å². The minimum atomic E-state index is -3.76. The van der Waals surface area contributed by atoms with Crippen molar-refractivity contribution in [2.75, 3.05) is 5.32 Å². The van der Waals surface area contributed by atoms with Crippen molar-refractivity contribution < 1.29 is 17.9 Å². The number of H-pyrrole nitrogens is 1. The lowest BCUT2D eigenvalue weighted by Gasteiger charge is -2.19. The van der Waals surface area contributed by atoms with Gasteiger partial charge in [0.25, 0.3) is 0 Å². The van der Waals surface area contributed by atoms with Crippen LogP contribution in [-0.4, -0.2) is 34.9 Å². The van der Waals surface area contributed by atoms with Gasteiger partial charge in [0, 0.05) is 23.1 Å². The van der Waals surface area contributed by atoms with Crippen LogP contribution in [0.25, 0.3) is 11.3 Å². The summed E-state index contributed by atoms with van der Waals surface area (Å²) in [4.78, 5) is 24.4. The Balaban J connectivity index is 1.89. The quantitative estimate of drug-likeness (QED) is 0.513. The van der Waals surface area contributed by atoms with E-state index in [2.05, 4.69) is 20.3 Å². The first-order valence-corrected chi connectivity index (χ1v) is 11.1. The maximum atomic E-state index is 12.5. The van der Waals surface area contributed by atoms with E-state index >= 15 is 0 Å². The molecule has 3 rings (SSSR count). The van der Waals surface area contributed by atoms with Gasteiger partial charge in [-0.15, -0.1) is 0 Å². The molecule has 31 heavy (non-hydrogen) atoms. The van der Waals surface area contributed by atoms with Crippen LogP contribution >= 0.6 is 0 Å². The number of aromatic amines is 1. The minimum absolute atomic E-state index is 0.0148. The van der Waals surface area contributed by atoms with E-state index in [9.17, 15) is 13.2 Å².